The zero-order valence-corrected chi connectivity index (χ0v) is 15.3. The smallest absolute Gasteiger partial charge is 0.242 e. The van der Waals surface area contributed by atoms with E-state index >= 15 is 0 Å². The zero-order chi connectivity index (χ0) is 14.4. The van der Waals surface area contributed by atoms with Crippen LogP contribution in [0.25, 0.3) is 0 Å². The summed E-state index contributed by atoms with van der Waals surface area (Å²) in [6.07, 6.45) is 0.688. The molecule has 0 bridgehead atoms. The standard InChI is InChI=1S/C13H29NO2Si2/c1-13(2,3)18(7,8)16-11-9-10-14(12(11)15)17(4,5)6/h11H,9-10H2,1-8H3. The van der Waals surface area contributed by atoms with Crippen LogP contribution >= 0.6 is 0 Å². The first-order valence-electron chi connectivity index (χ1n) is 6.85. The Labute approximate surface area is 114 Å². The minimum atomic E-state index is -1.83. The summed E-state index contributed by atoms with van der Waals surface area (Å²) in [5.74, 6) is 0.235. The van der Waals surface area contributed by atoms with E-state index in [1.165, 1.54) is 0 Å². The normalized spacial score (nSPS) is 22.8. The molecular formula is C13H29NO2Si2. The van der Waals surface area contributed by atoms with Gasteiger partial charge in [-0.15, -0.1) is 0 Å². The van der Waals surface area contributed by atoms with Gasteiger partial charge >= 0.3 is 0 Å². The van der Waals surface area contributed by atoms with E-state index in [1.807, 2.05) is 0 Å². The molecule has 1 atom stereocenters. The average molecular weight is 288 g/mol. The van der Waals surface area contributed by atoms with E-state index in [1.54, 1.807) is 0 Å². The summed E-state index contributed by atoms with van der Waals surface area (Å²) >= 11 is 0. The topological polar surface area (TPSA) is 29.5 Å². The van der Waals surface area contributed by atoms with E-state index in [-0.39, 0.29) is 17.0 Å². The van der Waals surface area contributed by atoms with Gasteiger partial charge in [0.05, 0.1) is 0 Å². The number of carbonyl (C=O) groups excluding carboxylic acids is 1. The second-order valence-corrected chi connectivity index (χ2v) is 17.5. The lowest BCUT2D eigenvalue weighted by atomic mass is 10.2. The summed E-state index contributed by atoms with van der Waals surface area (Å²) in [7, 11) is -3.36. The predicted octanol–water partition coefficient (Wildman–Crippen LogP) is 3.44. The number of hydrogen-bond acceptors (Lipinski definition) is 2. The van der Waals surface area contributed by atoms with Crippen LogP contribution in [-0.2, 0) is 9.22 Å². The molecule has 106 valence electrons. The summed E-state index contributed by atoms with van der Waals surface area (Å²) in [6, 6.07) is 0. The Balaban J connectivity index is 2.76. The maximum absolute atomic E-state index is 12.4. The molecule has 1 aliphatic heterocycles. The molecule has 0 saturated carbocycles. The van der Waals surface area contributed by atoms with Crippen LogP contribution in [0.3, 0.4) is 0 Å². The molecule has 0 aromatic rings. The highest BCUT2D eigenvalue weighted by Crippen LogP contribution is 2.38. The zero-order valence-electron chi connectivity index (χ0n) is 13.3. The lowest BCUT2D eigenvalue weighted by molar-refractivity contribution is -0.130. The van der Waals surface area contributed by atoms with Gasteiger partial charge < -0.3 is 8.99 Å². The van der Waals surface area contributed by atoms with E-state index in [2.05, 4.69) is 58.1 Å². The number of amides is 1. The quantitative estimate of drug-likeness (QED) is 0.744. The molecule has 0 aliphatic carbocycles. The molecule has 18 heavy (non-hydrogen) atoms. The van der Waals surface area contributed by atoms with Crippen molar-refractivity contribution in [1.29, 1.82) is 0 Å². The van der Waals surface area contributed by atoms with Crippen molar-refractivity contribution in [3.05, 3.63) is 0 Å². The molecule has 0 N–H and O–H groups in total. The third-order valence-corrected chi connectivity index (χ3v) is 10.8. The van der Waals surface area contributed by atoms with Crippen LogP contribution in [0.15, 0.2) is 0 Å². The summed E-state index contributed by atoms with van der Waals surface area (Å²) in [5, 5.41) is 0.167. The molecule has 0 radical (unpaired) electrons. The van der Waals surface area contributed by atoms with E-state index in [9.17, 15) is 4.79 Å². The molecule has 1 amide bonds. The molecule has 3 nitrogen and oxygen atoms in total. The van der Waals surface area contributed by atoms with Gasteiger partial charge in [-0.2, -0.15) is 0 Å². The van der Waals surface area contributed by atoms with Crippen LogP contribution in [0.4, 0.5) is 0 Å². The molecule has 1 unspecified atom stereocenters. The van der Waals surface area contributed by atoms with Gasteiger partial charge in [-0.25, -0.2) is 0 Å². The second kappa shape index (κ2) is 4.76. The van der Waals surface area contributed by atoms with Gasteiger partial charge in [0.1, 0.15) is 6.10 Å². The van der Waals surface area contributed by atoms with Crippen molar-refractivity contribution in [1.82, 2.24) is 4.57 Å². The SMILES string of the molecule is CC(C)(C)[Si](C)(C)OC1CCN([Si](C)(C)C)C1=O. The van der Waals surface area contributed by atoms with Crippen LogP contribution in [0.2, 0.25) is 37.8 Å². The fourth-order valence-corrected chi connectivity index (χ4v) is 4.85. The fraction of sp³-hybridized carbons (Fsp3) is 0.923. The van der Waals surface area contributed by atoms with Gasteiger partial charge in [-0.3, -0.25) is 4.79 Å². The maximum Gasteiger partial charge on any atom is 0.242 e. The summed E-state index contributed by atoms with van der Waals surface area (Å²) in [5.41, 5.74) is 0. The molecule has 1 fully saturated rings. The third-order valence-electron chi connectivity index (χ3n) is 4.21. The van der Waals surface area contributed by atoms with Crippen molar-refractivity contribution in [2.45, 2.75) is 71.1 Å². The molecule has 1 heterocycles. The first-order chi connectivity index (χ1) is 7.86. The molecule has 1 saturated heterocycles. The lowest BCUT2D eigenvalue weighted by Gasteiger charge is -2.38. The molecule has 0 aromatic carbocycles. The minimum absolute atomic E-state index is 0.167. The average Bonchev–Trinajstić information content (AvgIpc) is 2.44. The van der Waals surface area contributed by atoms with Crippen LogP contribution in [-0.4, -0.2) is 39.7 Å². The fourth-order valence-electron chi connectivity index (χ4n) is 1.96. The number of nitrogens with zero attached hydrogens (tertiary/aromatic N) is 1. The van der Waals surface area contributed by atoms with Crippen LogP contribution in [0, 0.1) is 0 Å². The van der Waals surface area contributed by atoms with Crippen molar-refractivity contribution in [3.63, 3.8) is 0 Å². The number of hydrogen-bond donors (Lipinski definition) is 0. The van der Waals surface area contributed by atoms with Gasteiger partial charge in [0.15, 0.2) is 16.6 Å². The Hall–Kier alpha value is -0.136. The highest BCUT2D eigenvalue weighted by Gasteiger charge is 2.45. The van der Waals surface area contributed by atoms with E-state index in [4.69, 9.17) is 4.43 Å². The molecule has 1 aliphatic rings. The van der Waals surface area contributed by atoms with Crippen LogP contribution < -0.4 is 0 Å². The monoisotopic (exact) mass is 287 g/mol. The predicted molar refractivity (Wildman–Crippen MR) is 81.7 cm³/mol. The minimum Gasteiger partial charge on any atom is -0.405 e. The third kappa shape index (κ3) is 3.25. The summed E-state index contributed by atoms with van der Waals surface area (Å²) in [6.45, 7) is 18.6. The molecule has 0 spiro atoms. The first-order valence-corrected chi connectivity index (χ1v) is 13.2. The highest BCUT2D eigenvalue weighted by atomic mass is 28.4. The van der Waals surface area contributed by atoms with Gasteiger partial charge in [0, 0.05) is 6.54 Å². The summed E-state index contributed by atoms with van der Waals surface area (Å²) in [4.78, 5) is 12.4. The van der Waals surface area contributed by atoms with E-state index in [0.29, 0.717) is 0 Å². The number of rotatable bonds is 3. The Bertz CT molecular complexity index is 329. The molecular weight excluding hydrogens is 258 g/mol. The van der Waals surface area contributed by atoms with Crippen LogP contribution in [0.1, 0.15) is 27.2 Å². The Kier molecular flexibility index (Phi) is 4.21. The Morgan fingerprint density at radius 3 is 2.00 bits per heavy atom. The van der Waals surface area contributed by atoms with E-state index < -0.39 is 16.6 Å². The lowest BCUT2D eigenvalue weighted by Crippen LogP contribution is -2.50. The van der Waals surface area contributed by atoms with Crippen molar-refractivity contribution in [2.24, 2.45) is 0 Å². The maximum atomic E-state index is 12.4. The van der Waals surface area contributed by atoms with Crippen molar-refractivity contribution in [3.8, 4) is 0 Å². The van der Waals surface area contributed by atoms with Gasteiger partial charge in [0.2, 0.25) is 5.91 Å². The Morgan fingerprint density at radius 2 is 1.67 bits per heavy atom. The van der Waals surface area contributed by atoms with Crippen molar-refractivity contribution < 1.29 is 9.22 Å². The van der Waals surface area contributed by atoms with Gasteiger partial charge in [0.25, 0.3) is 0 Å². The molecule has 0 aromatic heterocycles. The Morgan fingerprint density at radius 1 is 1.17 bits per heavy atom. The first kappa shape index (κ1) is 15.9. The van der Waals surface area contributed by atoms with Crippen molar-refractivity contribution >= 4 is 22.5 Å². The van der Waals surface area contributed by atoms with Crippen molar-refractivity contribution in [2.75, 3.05) is 6.54 Å². The molecule has 5 heteroatoms. The molecule has 1 rings (SSSR count). The highest BCUT2D eigenvalue weighted by molar-refractivity contribution is 6.76. The van der Waals surface area contributed by atoms with E-state index in [0.717, 1.165) is 13.0 Å². The van der Waals surface area contributed by atoms with Crippen LogP contribution in [0.5, 0.6) is 0 Å². The van der Waals surface area contributed by atoms with Gasteiger partial charge in [-0.05, 0) is 24.6 Å². The number of carbonyl (C=O) groups is 1. The van der Waals surface area contributed by atoms with Gasteiger partial charge in [-0.1, -0.05) is 40.4 Å². The second-order valence-electron chi connectivity index (χ2n) is 7.82. The largest absolute Gasteiger partial charge is 0.405 e. The summed E-state index contributed by atoms with van der Waals surface area (Å²) < 4.78 is 8.36.